The zero-order chi connectivity index (χ0) is 21.3. The van der Waals surface area contributed by atoms with Crippen LogP contribution in [0.1, 0.15) is 29.5 Å². The fourth-order valence-electron chi connectivity index (χ4n) is 3.89. The standard InChI is InChI=1S/C28H27NO2/c30-29-18-10-15-25(22-31-21-24-13-6-2-7-14-24)20-27(19-23-11-4-1-5-12-23)28(29)26-16-8-3-9-17-26/h1-14,16-19,25H,15,20-22H2/b18-10-,27-19+,29-28+. The monoisotopic (exact) mass is 409 g/mol. The molecule has 0 fully saturated rings. The van der Waals surface area contributed by atoms with Crippen molar-refractivity contribution < 1.29 is 9.48 Å². The molecule has 0 spiro atoms. The van der Waals surface area contributed by atoms with Crippen molar-refractivity contribution >= 4 is 11.8 Å². The van der Waals surface area contributed by atoms with Crippen LogP contribution in [-0.4, -0.2) is 17.1 Å². The number of allylic oxidation sites excluding steroid dienone is 2. The molecule has 0 N–H and O–H groups in total. The first-order chi connectivity index (χ1) is 15.3. The van der Waals surface area contributed by atoms with E-state index in [2.05, 4.69) is 30.3 Å². The third kappa shape index (κ3) is 5.80. The Morgan fingerprint density at radius 2 is 1.52 bits per heavy atom. The third-order valence-electron chi connectivity index (χ3n) is 5.40. The van der Waals surface area contributed by atoms with Crippen molar-refractivity contribution in [1.82, 2.24) is 0 Å². The average Bonchev–Trinajstić information content (AvgIpc) is 2.80. The fourth-order valence-corrected chi connectivity index (χ4v) is 3.89. The minimum Gasteiger partial charge on any atom is -0.618 e. The van der Waals surface area contributed by atoms with Gasteiger partial charge < -0.3 is 9.94 Å². The van der Waals surface area contributed by atoms with Crippen LogP contribution in [0.25, 0.3) is 6.08 Å². The van der Waals surface area contributed by atoms with Crippen LogP contribution in [-0.2, 0) is 11.3 Å². The summed E-state index contributed by atoms with van der Waals surface area (Å²) in [5.74, 6) is 0.294. The first-order valence-electron chi connectivity index (χ1n) is 10.7. The normalized spacial score (nSPS) is 21.4. The summed E-state index contributed by atoms with van der Waals surface area (Å²) in [7, 11) is 0. The van der Waals surface area contributed by atoms with E-state index >= 15 is 0 Å². The van der Waals surface area contributed by atoms with Crippen LogP contribution in [0.15, 0.2) is 109 Å². The lowest BCUT2D eigenvalue weighted by Crippen LogP contribution is -2.21. The lowest BCUT2D eigenvalue weighted by Gasteiger charge is -2.21. The molecule has 0 saturated carbocycles. The highest BCUT2D eigenvalue weighted by Crippen LogP contribution is 2.25. The van der Waals surface area contributed by atoms with Crippen LogP contribution >= 0.6 is 0 Å². The second kappa shape index (κ2) is 10.6. The van der Waals surface area contributed by atoms with E-state index in [9.17, 15) is 5.21 Å². The minimum atomic E-state index is 0.294. The van der Waals surface area contributed by atoms with Gasteiger partial charge in [-0.15, -0.1) is 0 Å². The van der Waals surface area contributed by atoms with E-state index in [0.717, 1.165) is 34.3 Å². The highest BCUT2D eigenvalue weighted by atomic mass is 16.5. The molecule has 3 aromatic carbocycles. The predicted octanol–water partition coefficient (Wildman–Crippen LogP) is 6.21. The molecule has 3 heteroatoms. The molecule has 3 aromatic rings. The molecule has 1 atom stereocenters. The number of rotatable bonds is 6. The van der Waals surface area contributed by atoms with Gasteiger partial charge in [-0.2, -0.15) is 4.74 Å². The van der Waals surface area contributed by atoms with Gasteiger partial charge in [0.05, 0.1) is 13.2 Å². The number of benzene rings is 3. The summed E-state index contributed by atoms with van der Waals surface area (Å²) in [6, 6.07) is 30.3. The Bertz CT molecular complexity index is 1050. The van der Waals surface area contributed by atoms with Gasteiger partial charge in [-0.25, -0.2) is 0 Å². The van der Waals surface area contributed by atoms with E-state index in [1.165, 1.54) is 5.56 Å². The van der Waals surface area contributed by atoms with Gasteiger partial charge in [0.15, 0.2) is 6.20 Å². The SMILES string of the molecule is [O-][N+]1=C(c2ccccc2)/C(=C/c2ccccc2)CC(COCc2ccccc2)C/C=C\1. The number of hydroxylamine groups is 1. The van der Waals surface area contributed by atoms with Crippen LogP contribution in [0.5, 0.6) is 0 Å². The molecule has 0 radical (unpaired) electrons. The van der Waals surface area contributed by atoms with Crippen LogP contribution in [0.4, 0.5) is 0 Å². The lowest BCUT2D eigenvalue weighted by atomic mass is 9.89. The van der Waals surface area contributed by atoms with Gasteiger partial charge in [-0.05, 0) is 54.2 Å². The van der Waals surface area contributed by atoms with Crippen molar-refractivity contribution in [1.29, 1.82) is 0 Å². The van der Waals surface area contributed by atoms with Crippen molar-refractivity contribution in [3.63, 3.8) is 0 Å². The zero-order valence-electron chi connectivity index (χ0n) is 17.6. The Labute approximate surface area is 184 Å². The lowest BCUT2D eigenvalue weighted by molar-refractivity contribution is -0.378. The predicted molar refractivity (Wildman–Crippen MR) is 127 cm³/mol. The number of hydrogen-bond acceptors (Lipinski definition) is 2. The van der Waals surface area contributed by atoms with Crippen molar-refractivity contribution in [3.8, 4) is 0 Å². The molecule has 0 aromatic heterocycles. The smallest absolute Gasteiger partial charge is 0.226 e. The van der Waals surface area contributed by atoms with Gasteiger partial charge in [0, 0.05) is 11.1 Å². The summed E-state index contributed by atoms with van der Waals surface area (Å²) in [5, 5.41) is 13.0. The second-order valence-corrected chi connectivity index (χ2v) is 7.81. The molecule has 0 aliphatic carbocycles. The number of ether oxygens (including phenoxy) is 1. The average molecular weight is 410 g/mol. The van der Waals surface area contributed by atoms with E-state index in [0.29, 0.717) is 24.8 Å². The molecule has 156 valence electrons. The Kier molecular flexibility index (Phi) is 7.09. The Balaban J connectivity index is 1.61. The highest BCUT2D eigenvalue weighted by Gasteiger charge is 2.24. The first-order valence-corrected chi connectivity index (χ1v) is 10.7. The van der Waals surface area contributed by atoms with Gasteiger partial charge in [0.25, 0.3) is 0 Å². The molecule has 1 aliphatic heterocycles. The molecule has 0 saturated heterocycles. The number of hydrogen-bond donors (Lipinski definition) is 0. The van der Waals surface area contributed by atoms with Crippen molar-refractivity contribution in [2.75, 3.05) is 6.61 Å². The van der Waals surface area contributed by atoms with Crippen LogP contribution < -0.4 is 0 Å². The second-order valence-electron chi connectivity index (χ2n) is 7.81. The molecule has 0 amide bonds. The fraction of sp³-hybridized carbons (Fsp3) is 0.179. The van der Waals surface area contributed by atoms with E-state index in [1.807, 2.05) is 72.8 Å². The van der Waals surface area contributed by atoms with Gasteiger partial charge in [-0.1, -0.05) is 78.9 Å². The van der Waals surface area contributed by atoms with Crippen LogP contribution in [0, 0.1) is 11.1 Å². The molecular formula is C28H27NO2. The summed E-state index contributed by atoms with van der Waals surface area (Å²) in [4.78, 5) is 0. The van der Waals surface area contributed by atoms with Crippen LogP contribution in [0.2, 0.25) is 0 Å². The third-order valence-corrected chi connectivity index (χ3v) is 5.40. The number of nitrogens with zero attached hydrogens (tertiary/aromatic N) is 1. The molecule has 0 bridgehead atoms. The molecular weight excluding hydrogens is 382 g/mol. The van der Waals surface area contributed by atoms with E-state index in [-0.39, 0.29) is 0 Å². The summed E-state index contributed by atoms with van der Waals surface area (Å²) in [6.07, 6.45) is 7.33. The molecule has 1 aliphatic rings. The summed E-state index contributed by atoms with van der Waals surface area (Å²) in [6.45, 7) is 1.24. The van der Waals surface area contributed by atoms with Crippen molar-refractivity contribution in [3.05, 3.63) is 131 Å². The maximum Gasteiger partial charge on any atom is 0.226 e. The molecule has 31 heavy (non-hydrogen) atoms. The van der Waals surface area contributed by atoms with Gasteiger partial charge >= 0.3 is 0 Å². The molecule has 3 nitrogen and oxygen atoms in total. The maximum atomic E-state index is 13.0. The molecule has 4 rings (SSSR count). The van der Waals surface area contributed by atoms with E-state index in [1.54, 1.807) is 6.20 Å². The Hall–Kier alpha value is -3.43. The topological polar surface area (TPSA) is 35.3 Å². The maximum absolute atomic E-state index is 13.0. The van der Waals surface area contributed by atoms with Crippen LogP contribution in [0.3, 0.4) is 0 Å². The summed E-state index contributed by atoms with van der Waals surface area (Å²) >= 11 is 0. The highest BCUT2D eigenvalue weighted by molar-refractivity contribution is 6.12. The first kappa shape index (κ1) is 20.8. The van der Waals surface area contributed by atoms with Crippen molar-refractivity contribution in [2.45, 2.75) is 19.4 Å². The van der Waals surface area contributed by atoms with E-state index in [4.69, 9.17) is 4.74 Å². The Morgan fingerprint density at radius 3 is 2.23 bits per heavy atom. The summed E-state index contributed by atoms with van der Waals surface area (Å²) in [5.41, 5.74) is 4.92. The van der Waals surface area contributed by atoms with Gasteiger partial charge in [-0.3, -0.25) is 0 Å². The van der Waals surface area contributed by atoms with E-state index < -0.39 is 0 Å². The zero-order valence-corrected chi connectivity index (χ0v) is 17.6. The molecule has 1 unspecified atom stereocenters. The minimum absolute atomic E-state index is 0.294. The van der Waals surface area contributed by atoms with Gasteiger partial charge in [0.2, 0.25) is 5.71 Å². The summed E-state index contributed by atoms with van der Waals surface area (Å²) < 4.78 is 7.06. The molecule has 1 heterocycles. The van der Waals surface area contributed by atoms with Gasteiger partial charge in [0.1, 0.15) is 0 Å². The van der Waals surface area contributed by atoms with Crippen molar-refractivity contribution in [2.24, 2.45) is 5.92 Å². The largest absolute Gasteiger partial charge is 0.618 e. The Morgan fingerprint density at radius 1 is 0.871 bits per heavy atom. The quantitative estimate of drug-likeness (QED) is 0.358.